The van der Waals surface area contributed by atoms with Gasteiger partial charge in [0, 0.05) is 13.6 Å². The fourth-order valence-electron chi connectivity index (χ4n) is 1.78. The van der Waals surface area contributed by atoms with E-state index in [0.29, 0.717) is 12.4 Å². The summed E-state index contributed by atoms with van der Waals surface area (Å²) in [4.78, 5) is 23.7. The number of nitrogens with zero attached hydrogens (tertiary/aromatic N) is 2. The minimum atomic E-state index is -0.515. The van der Waals surface area contributed by atoms with Crippen molar-refractivity contribution in [3.8, 4) is 0 Å². The number of amides is 1. The number of rotatable bonds is 4. The van der Waals surface area contributed by atoms with Crippen LogP contribution in [0.25, 0.3) is 0 Å². The molecule has 0 aliphatic carbocycles. The molecule has 0 radical (unpaired) electrons. The van der Waals surface area contributed by atoms with Gasteiger partial charge >= 0.3 is 6.09 Å². The first-order chi connectivity index (χ1) is 9.59. The number of hydrogen-bond donors (Lipinski definition) is 1. The van der Waals surface area contributed by atoms with E-state index in [1.54, 1.807) is 18.0 Å². The van der Waals surface area contributed by atoms with Crippen molar-refractivity contribution >= 4 is 12.0 Å². The minimum Gasteiger partial charge on any atom is -0.444 e. The van der Waals surface area contributed by atoms with E-state index in [9.17, 15) is 4.79 Å². The van der Waals surface area contributed by atoms with Crippen LogP contribution in [0.2, 0.25) is 0 Å². The van der Waals surface area contributed by atoms with Gasteiger partial charge < -0.3 is 9.57 Å². The zero-order valence-corrected chi connectivity index (χ0v) is 13.9. The summed E-state index contributed by atoms with van der Waals surface area (Å²) >= 11 is 0. The highest BCUT2D eigenvalue weighted by atomic mass is 16.7. The van der Waals surface area contributed by atoms with Crippen LogP contribution in [0.5, 0.6) is 0 Å². The van der Waals surface area contributed by atoms with Gasteiger partial charge in [-0.15, -0.1) is 6.58 Å². The number of carbonyl (C=O) groups excluding carboxylic acids is 1. The fraction of sp³-hybridized carbons (Fsp3) is 0.733. The van der Waals surface area contributed by atoms with E-state index < -0.39 is 11.1 Å². The van der Waals surface area contributed by atoms with Crippen molar-refractivity contribution in [2.45, 2.75) is 58.2 Å². The highest BCUT2D eigenvalue weighted by molar-refractivity contribution is 5.87. The number of aliphatic imine (C=N–C) groups is 1. The third-order valence-corrected chi connectivity index (χ3v) is 3.04. The largest absolute Gasteiger partial charge is 0.444 e. The second kappa shape index (κ2) is 6.47. The molecule has 1 saturated heterocycles. The molecule has 1 fully saturated rings. The summed E-state index contributed by atoms with van der Waals surface area (Å²) < 4.78 is 5.39. The maximum atomic E-state index is 12.1. The first-order valence-corrected chi connectivity index (χ1v) is 7.16. The summed E-state index contributed by atoms with van der Waals surface area (Å²) in [5, 5.41) is 0. The quantitative estimate of drug-likeness (QED) is 0.375. The molecule has 1 atom stereocenters. The first kappa shape index (κ1) is 17.5. The SMILES string of the molecule is C=CC(C)(C)/N=C(\ONC)[C@@H]1CCN1C(=O)OC(C)(C)C. The van der Waals surface area contributed by atoms with E-state index in [1.165, 1.54) is 0 Å². The fourth-order valence-corrected chi connectivity index (χ4v) is 1.78. The zero-order valence-electron chi connectivity index (χ0n) is 13.9. The highest BCUT2D eigenvalue weighted by Gasteiger charge is 2.40. The maximum absolute atomic E-state index is 12.1. The molecule has 0 aromatic heterocycles. The predicted octanol–water partition coefficient (Wildman–Crippen LogP) is 2.51. The lowest BCUT2D eigenvalue weighted by Gasteiger charge is -2.41. The average molecular weight is 297 g/mol. The monoisotopic (exact) mass is 297 g/mol. The van der Waals surface area contributed by atoms with E-state index in [1.807, 2.05) is 34.6 Å². The number of carbonyl (C=O) groups is 1. The van der Waals surface area contributed by atoms with Gasteiger partial charge in [-0.05, 0) is 41.0 Å². The topological polar surface area (TPSA) is 63.2 Å². The van der Waals surface area contributed by atoms with Crippen LogP contribution in [0.3, 0.4) is 0 Å². The van der Waals surface area contributed by atoms with E-state index in [4.69, 9.17) is 9.57 Å². The molecule has 1 rings (SSSR count). The van der Waals surface area contributed by atoms with Gasteiger partial charge in [0.15, 0.2) is 0 Å². The molecule has 21 heavy (non-hydrogen) atoms. The van der Waals surface area contributed by atoms with Crippen LogP contribution in [-0.4, -0.2) is 47.7 Å². The van der Waals surface area contributed by atoms with Crippen LogP contribution in [0.4, 0.5) is 4.79 Å². The summed E-state index contributed by atoms with van der Waals surface area (Å²) in [6, 6.07) is -0.202. The zero-order chi connectivity index (χ0) is 16.3. The number of likely N-dealkylation sites (tertiary alicyclic amines) is 1. The van der Waals surface area contributed by atoms with E-state index in [-0.39, 0.29) is 12.1 Å². The second-order valence-corrected chi connectivity index (χ2v) is 6.59. The summed E-state index contributed by atoms with van der Waals surface area (Å²) in [6.07, 6.45) is 2.19. The van der Waals surface area contributed by atoms with Crippen LogP contribution in [0, 0.1) is 0 Å². The van der Waals surface area contributed by atoms with Crippen molar-refractivity contribution in [1.82, 2.24) is 10.4 Å². The molecule has 1 amide bonds. The van der Waals surface area contributed by atoms with E-state index in [2.05, 4.69) is 17.1 Å². The van der Waals surface area contributed by atoms with Gasteiger partial charge in [-0.3, -0.25) is 4.90 Å². The standard InChI is InChI=1S/C15H27N3O3/c1-8-15(5,6)17-12(21-16-7)11-9-10-18(11)13(19)20-14(2,3)4/h8,11,16H,1,9-10H2,2-7H3/b17-12-/t11-/m0/s1. The Morgan fingerprint density at radius 1 is 1.38 bits per heavy atom. The molecule has 0 bridgehead atoms. The molecular weight excluding hydrogens is 270 g/mol. The Hall–Kier alpha value is -1.56. The Balaban J connectivity index is 2.86. The molecule has 0 unspecified atom stereocenters. The van der Waals surface area contributed by atoms with Crippen molar-refractivity contribution in [1.29, 1.82) is 0 Å². The van der Waals surface area contributed by atoms with Crippen LogP contribution >= 0.6 is 0 Å². The van der Waals surface area contributed by atoms with Gasteiger partial charge in [0.05, 0.1) is 5.54 Å². The Bertz CT molecular complexity index is 424. The van der Waals surface area contributed by atoms with Gasteiger partial charge in [-0.1, -0.05) is 6.08 Å². The molecule has 1 aliphatic rings. The number of ether oxygens (including phenoxy) is 1. The molecule has 0 aromatic rings. The van der Waals surface area contributed by atoms with Crippen LogP contribution in [-0.2, 0) is 9.57 Å². The number of nitrogens with one attached hydrogen (secondary N) is 1. The van der Waals surface area contributed by atoms with Gasteiger partial charge in [-0.25, -0.2) is 9.79 Å². The van der Waals surface area contributed by atoms with Gasteiger partial charge in [-0.2, -0.15) is 5.48 Å². The summed E-state index contributed by atoms with van der Waals surface area (Å²) in [6.45, 7) is 13.8. The second-order valence-electron chi connectivity index (χ2n) is 6.59. The van der Waals surface area contributed by atoms with Gasteiger partial charge in [0.1, 0.15) is 11.6 Å². The first-order valence-electron chi connectivity index (χ1n) is 7.16. The van der Waals surface area contributed by atoms with Crippen molar-refractivity contribution < 1.29 is 14.4 Å². The molecule has 0 saturated carbocycles. The van der Waals surface area contributed by atoms with Crippen molar-refractivity contribution in [3.63, 3.8) is 0 Å². The maximum Gasteiger partial charge on any atom is 0.410 e. The van der Waals surface area contributed by atoms with Gasteiger partial charge in [0.25, 0.3) is 0 Å². The minimum absolute atomic E-state index is 0.202. The third kappa shape index (κ3) is 5.04. The molecule has 0 spiro atoms. The molecule has 120 valence electrons. The van der Waals surface area contributed by atoms with Crippen LogP contribution < -0.4 is 5.48 Å². The Kier molecular flexibility index (Phi) is 5.39. The molecule has 1 heterocycles. The van der Waals surface area contributed by atoms with Gasteiger partial charge in [0.2, 0.25) is 5.90 Å². The van der Waals surface area contributed by atoms with E-state index in [0.717, 1.165) is 6.42 Å². The lowest BCUT2D eigenvalue weighted by atomic mass is 10.0. The summed E-state index contributed by atoms with van der Waals surface area (Å²) in [5.41, 5.74) is 1.66. The molecule has 6 nitrogen and oxygen atoms in total. The highest BCUT2D eigenvalue weighted by Crippen LogP contribution is 2.24. The Morgan fingerprint density at radius 3 is 2.38 bits per heavy atom. The number of hydrogen-bond acceptors (Lipinski definition) is 5. The molecular formula is C15H27N3O3. The van der Waals surface area contributed by atoms with Crippen LogP contribution in [0.1, 0.15) is 41.0 Å². The lowest BCUT2D eigenvalue weighted by molar-refractivity contribution is 0.000360. The van der Waals surface area contributed by atoms with E-state index >= 15 is 0 Å². The molecule has 1 N–H and O–H groups in total. The average Bonchev–Trinajstić information content (AvgIpc) is 2.24. The third-order valence-electron chi connectivity index (χ3n) is 3.04. The molecule has 1 aliphatic heterocycles. The predicted molar refractivity (Wildman–Crippen MR) is 83.2 cm³/mol. The Labute approximate surface area is 127 Å². The molecule has 6 heteroatoms. The molecule has 0 aromatic carbocycles. The summed E-state index contributed by atoms with van der Waals surface area (Å²) in [5.74, 6) is 0.472. The van der Waals surface area contributed by atoms with Crippen LogP contribution in [0.15, 0.2) is 17.6 Å². The van der Waals surface area contributed by atoms with Crippen molar-refractivity contribution in [2.75, 3.05) is 13.6 Å². The lowest BCUT2D eigenvalue weighted by Crippen LogP contribution is -2.57. The summed E-state index contributed by atoms with van der Waals surface area (Å²) in [7, 11) is 1.66. The Morgan fingerprint density at radius 2 is 2.00 bits per heavy atom. The smallest absolute Gasteiger partial charge is 0.410 e. The normalized spacial score (nSPS) is 19.8. The number of hydroxylamine groups is 1. The van der Waals surface area contributed by atoms with Crippen molar-refractivity contribution in [3.05, 3.63) is 12.7 Å². The van der Waals surface area contributed by atoms with Crippen molar-refractivity contribution in [2.24, 2.45) is 4.99 Å².